The van der Waals surface area contributed by atoms with Gasteiger partial charge in [0, 0.05) is 10.5 Å². The Morgan fingerprint density at radius 1 is 1.14 bits per heavy atom. The molecule has 1 unspecified atom stereocenters. The molecule has 1 nitrogen and oxygen atoms in total. The van der Waals surface area contributed by atoms with Crippen LogP contribution < -0.4 is 5.32 Å². The van der Waals surface area contributed by atoms with Gasteiger partial charge in [0.05, 0.1) is 0 Å². The third kappa shape index (κ3) is 4.14. The first kappa shape index (κ1) is 16.2. The van der Waals surface area contributed by atoms with Crippen LogP contribution in [0.1, 0.15) is 35.2 Å². The van der Waals surface area contributed by atoms with E-state index in [0.717, 1.165) is 23.0 Å². The Morgan fingerprint density at radius 2 is 1.81 bits per heavy atom. The van der Waals surface area contributed by atoms with Gasteiger partial charge in [0.2, 0.25) is 0 Å². The van der Waals surface area contributed by atoms with Gasteiger partial charge in [0.25, 0.3) is 0 Å². The minimum atomic E-state index is -0.198. The van der Waals surface area contributed by atoms with Crippen LogP contribution in [0.4, 0.5) is 4.39 Å². The molecule has 0 bridgehead atoms. The summed E-state index contributed by atoms with van der Waals surface area (Å²) in [6, 6.07) is 11.6. The molecule has 2 aromatic carbocycles. The molecule has 0 saturated carbocycles. The molecular weight excluding hydrogens is 329 g/mol. The average molecular weight is 350 g/mol. The molecule has 0 aliphatic carbocycles. The van der Waals surface area contributed by atoms with Crippen molar-refractivity contribution in [3.63, 3.8) is 0 Å². The van der Waals surface area contributed by atoms with Crippen LogP contribution >= 0.6 is 15.9 Å². The monoisotopic (exact) mass is 349 g/mol. The van der Waals surface area contributed by atoms with Crippen LogP contribution in [0.25, 0.3) is 0 Å². The first-order valence-electron chi connectivity index (χ1n) is 7.25. The van der Waals surface area contributed by atoms with Crippen LogP contribution in [0, 0.1) is 19.7 Å². The summed E-state index contributed by atoms with van der Waals surface area (Å²) < 4.78 is 14.4. The third-order valence-corrected chi connectivity index (χ3v) is 4.16. The molecule has 0 spiro atoms. The number of benzene rings is 2. The summed E-state index contributed by atoms with van der Waals surface area (Å²) in [6.07, 6.45) is 0.774. The van der Waals surface area contributed by atoms with E-state index < -0.39 is 0 Å². The van der Waals surface area contributed by atoms with Crippen LogP contribution in [-0.2, 0) is 6.42 Å². The van der Waals surface area contributed by atoms with E-state index in [1.165, 1.54) is 22.8 Å². The fraction of sp³-hybridized carbons (Fsp3) is 0.333. The standard InChI is InChI=1S/C18H21BrFN/c1-4-21-17(18-12(2)6-5-7-13(18)3)10-14-8-15(19)11-16(20)9-14/h5-9,11,17,21H,4,10H2,1-3H3. The predicted molar refractivity (Wildman–Crippen MR) is 90.1 cm³/mol. The van der Waals surface area contributed by atoms with Gasteiger partial charge < -0.3 is 5.32 Å². The van der Waals surface area contributed by atoms with Crippen LogP contribution in [0.2, 0.25) is 0 Å². The number of aryl methyl sites for hydroxylation is 2. The van der Waals surface area contributed by atoms with Gasteiger partial charge in [-0.3, -0.25) is 0 Å². The molecule has 21 heavy (non-hydrogen) atoms. The summed E-state index contributed by atoms with van der Waals surface area (Å²) in [4.78, 5) is 0. The van der Waals surface area contributed by atoms with Crippen molar-refractivity contribution in [2.24, 2.45) is 0 Å². The summed E-state index contributed by atoms with van der Waals surface area (Å²) >= 11 is 3.37. The second kappa shape index (κ2) is 7.19. The number of rotatable bonds is 5. The third-order valence-electron chi connectivity index (χ3n) is 3.70. The summed E-state index contributed by atoms with van der Waals surface area (Å²) in [5, 5.41) is 3.53. The highest BCUT2D eigenvalue weighted by molar-refractivity contribution is 9.10. The van der Waals surface area contributed by atoms with Gasteiger partial charge in [-0.2, -0.15) is 0 Å². The van der Waals surface area contributed by atoms with Crippen molar-refractivity contribution in [3.8, 4) is 0 Å². The molecule has 0 radical (unpaired) electrons. The number of halogens is 2. The quantitative estimate of drug-likeness (QED) is 0.791. The normalized spacial score (nSPS) is 12.4. The molecule has 112 valence electrons. The number of likely N-dealkylation sites (N-methyl/N-ethyl adjacent to an activating group) is 1. The van der Waals surface area contributed by atoms with E-state index in [4.69, 9.17) is 0 Å². The first-order valence-corrected chi connectivity index (χ1v) is 8.05. The zero-order chi connectivity index (χ0) is 15.4. The van der Waals surface area contributed by atoms with Crippen molar-refractivity contribution in [2.75, 3.05) is 6.54 Å². The Kier molecular flexibility index (Phi) is 5.54. The molecule has 2 rings (SSSR count). The summed E-state index contributed by atoms with van der Waals surface area (Å²) in [5.41, 5.74) is 4.86. The Balaban J connectivity index is 2.35. The SMILES string of the molecule is CCNC(Cc1cc(F)cc(Br)c1)c1c(C)cccc1C. The molecule has 0 fully saturated rings. The maximum atomic E-state index is 13.6. The first-order chi connectivity index (χ1) is 10.0. The molecule has 0 aliphatic rings. The van der Waals surface area contributed by atoms with Crippen LogP contribution in [0.3, 0.4) is 0 Å². The van der Waals surface area contributed by atoms with Gasteiger partial charge in [-0.05, 0) is 67.3 Å². The highest BCUT2D eigenvalue weighted by atomic mass is 79.9. The van der Waals surface area contributed by atoms with Gasteiger partial charge >= 0.3 is 0 Å². The number of nitrogens with one attached hydrogen (secondary N) is 1. The van der Waals surface area contributed by atoms with E-state index in [9.17, 15) is 4.39 Å². The molecule has 0 heterocycles. The van der Waals surface area contributed by atoms with Crippen LogP contribution in [0.5, 0.6) is 0 Å². The largest absolute Gasteiger partial charge is 0.310 e. The average Bonchev–Trinajstić information content (AvgIpc) is 2.37. The summed E-state index contributed by atoms with van der Waals surface area (Å²) in [5.74, 6) is -0.198. The van der Waals surface area contributed by atoms with Crippen molar-refractivity contribution in [2.45, 2.75) is 33.2 Å². The van der Waals surface area contributed by atoms with E-state index in [2.05, 4.69) is 60.2 Å². The second-order valence-corrected chi connectivity index (χ2v) is 6.31. The zero-order valence-electron chi connectivity index (χ0n) is 12.7. The lowest BCUT2D eigenvalue weighted by Gasteiger charge is -2.23. The van der Waals surface area contributed by atoms with E-state index in [1.54, 1.807) is 6.07 Å². The lowest BCUT2D eigenvalue weighted by Crippen LogP contribution is -2.24. The van der Waals surface area contributed by atoms with Gasteiger partial charge in [-0.15, -0.1) is 0 Å². The predicted octanol–water partition coefficient (Wildman–Crippen LogP) is 5.10. The Labute approximate surface area is 134 Å². The van der Waals surface area contributed by atoms with Crippen molar-refractivity contribution in [1.82, 2.24) is 5.32 Å². The Morgan fingerprint density at radius 3 is 2.38 bits per heavy atom. The molecule has 0 aliphatic heterocycles. The molecular formula is C18H21BrFN. The van der Waals surface area contributed by atoms with Crippen molar-refractivity contribution >= 4 is 15.9 Å². The maximum Gasteiger partial charge on any atom is 0.124 e. The van der Waals surface area contributed by atoms with Gasteiger partial charge in [-0.1, -0.05) is 41.1 Å². The highest BCUT2D eigenvalue weighted by Gasteiger charge is 2.16. The fourth-order valence-corrected chi connectivity index (χ4v) is 3.38. The summed E-state index contributed by atoms with van der Waals surface area (Å²) in [6.45, 7) is 7.25. The summed E-state index contributed by atoms with van der Waals surface area (Å²) in [7, 11) is 0. The van der Waals surface area contributed by atoms with Gasteiger partial charge in [-0.25, -0.2) is 4.39 Å². The maximum absolute atomic E-state index is 13.6. The van der Waals surface area contributed by atoms with Crippen LogP contribution in [0.15, 0.2) is 40.9 Å². The van der Waals surface area contributed by atoms with Crippen LogP contribution in [-0.4, -0.2) is 6.54 Å². The lowest BCUT2D eigenvalue weighted by molar-refractivity contribution is 0.542. The van der Waals surface area contributed by atoms with Crippen molar-refractivity contribution in [3.05, 3.63) is 68.9 Å². The minimum absolute atomic E-state index is 0.198. The smallest absolute Gasteiger partial charge is 0.124 e. The fourth-order valence-electron chi connectivity index (χ4n) is 2.86. The van der Waals surface area contributed by atoms with Crippen molar-refractivity contribution < 1.29 is 4.39 Å². The Bertz CT molecular complexity index is 584. The molecule has 1 N–H and O–H groups in total. The number of hydrogen-bond acceptors (Lipinski definition) is 1. The van der Waals surface area contributed by atoms with Gasteiger partial charge in [0.15, 0.2) is 0 Å². The molecule has 0 saturated heterocycles. The van der Waals surface area contributed by atoms with E-state index in [0.29, 0.717) is 0 Å². The molecule has 0 aromatic heterocycles. The second-order valence-electron chi connectivity index (χ2n) is 5.40. The van der Waals surface area contributed by atoms with E-state index in [-0.39, 0.29) is 11.9 Å². The Hall–Kier alpha value is -1.19. The molecule has 3 heteroatoms. The molecule has 0 amide bonds. The molecule has 2 aromatic rings. The lowest BCUT2D eigenvalue weighted by atomic mass is 9.91. The van der Waals surface area contributed by atoms with Gasteiger partial charge in [0.1, 0.15) is 5.82 Å². The zero-order valence-corrected chi connectivity index (χ0v) is 14.3. The minimum Gasteiger partial charge on any atom is -0.310 e. The van der Waals surface area contributed by atoms with E-state index in [1.807, 2.05) is 6.07 Å². The van der Waals surface area contributed by atoms with Crippen molar-refractivity contribution in [1.29, 1.82) is 0 Å². The highest BCUT2D eigenvalue weighted by Crippen LogP contribution is 2.26. The molecule has 1 atom stereocenters. The van der Waals surface area contributed by atoms with E-state index >= 15 is 0 Å². The topological polar surface area (TPSA) is 12.0 Å². The number of hydrogen-bond donors (Lipinski definition) is 1.